The summed E-state index contributed by atoms with van der Waals surface area (Å²) >= 11 is 0. The molecule has 0 saturated carbocycles. The molecule has 4 aromatic carbocycles. The fourth-order valence-electron chi connectivity index (χ4n) is 5.63. The maximum absolute atomic E-state index is 13.7. The van der Waals surface area contributed by atoms with Crippen molar-refractivity contribution < 1.29 is 47.6 Å². The van der Waals surface area contributed by atoms with E-state index in [1.54, 1.807) is 66.7 Å². The summed E-state index contributed by atoms with van der Waals surface area (Å²) in [4.78, 5) is 54.4. The summed E-state index contributed by atoms with van der Waals surface area (Å²) in [5.41, 5.74) is 2.18. The van der Waals surface area contributed by atoms with Gasteiger partial charge in [-0.15, -0.1) is 0 Å². The minimum Gasteiger partial charge on any atom is -0.467 e. The van der Waals surface area contributed by atoms with Crippen LogP contribution in [0, 0.1) is 0 Å². The second kappa shape index (κ2) is 16.3. The van der Waals surface area contributed by atoms with Crippen LogP contribution in [0.25, 0.3) is 0 Å². The Kier molecular flexibility index (Phi) is 11.7. The quantitative estimate of drug-likeness (QED) is 0.122. The lowest BCUT2D eigenvalue weighted by Gasteiger charge is -2.43. The van der Waals surface area contributed by atoms with Crippen molar-refractivity contribution >= 4 is 23.9 Å². The van der Waals surface area contributed by atoms with Crippen molar-refractivity contribution in [3.8, 4) is 5.75 Å². The van der Waals surface area contributed by atoms with Gasteiger partial charge in [-0.05, 0) is 59.4 Å². The molecule has 0 aliphatic carbocycles. The van der Waals surface area contributed by atoms with Gasteiger partial charge in [0.15, 0.2) is 18.3 Å². The Hall–Kier alpha value is -5.48. The third kappa shape index (κ3) is 8.20. The summed E-state index contributed by atoms with van der Waals surface area (Å²) in [5.74, 6) is -2.93. The SMILES string of the molecule is COC(=O)C1O[C@@H](Oc2c(C(C)C)cccc2C(C)C)C(OC(=O)c2ccccc2)C(OC(=O)c2ccccc2)[C@@H]1OC(=O)c1ccccc1. The average molecular weight is 681 g/mol. The number of methoxy groups -OCH3 is 1. The van der Waals surface area contributed by atoms with Gasteiger partial charge in [-0.3, -0.25) is 0 Å². The predicted octanol–water partition coefficient (Wildman–Crippen LogP) is 6.89. The van der Waals surface area contributed by atoms with Gasteiger partial charge in [-0.25, -0.2) is 19.2 Å². The third-order valence-electron chi connectivity index (χ3n) is 8.24. The van der Waals surface area contributed by atoms with E-state index in [4.69, 9.17) is 28.4 Å². The van der Waals surface area contributed by atoms with Gasteiger partial charge in [0.2, 0.25) is 12.4 Å². The Morgan fingerprint density at radius 1 is 0.540 bits per heavy atom. The van der Waals surface area contributed by atoms with Crippen molar-refractivity contribution in [1.29, 1.82) is 0 Å². The molecule has 10 heteroatoms. The van der Waals surface area contributed by atoms with E-state index in [9.17, 15) is 19.2 Å². The minimum atomic E-state index is -1.66. The van der Waals surface area contributed by atoms with Gasteiger partial charge in [0, 0.05) is 0 Å². The summed E-state index contributed by atoms with van der Waals surface area (Å²) < 4.78 is 36.1. The third-order valence-corrected chi connectivity index (χ3v) is 8.24. The molecule has 0 radical (unpaired) electrons. The largest absolute Gasteiger partial charge is 0.467 e. The fraction of sp³-hybridized carbons (Fsp3) is 0.300. The second-order valence-electron chi connectivity index (χ2n) is 12.3. The maximum Gasteiger partial charge on any atom is 0.339 e. The summed E-state index contributed by atoms with van der Waals surface area (Å²) in [6, 6.07) is 30.1. The van der Waals surface area contributed by atoms with Crippen LogP contribution in [0.4, 0.5) is 0 Å². The molecule has 4 aromatic rings. The molecule has 260 valence electrons. The molecule has 1 fully saturated rings. The Balaban J connectivity index is 1.66. The molecule has 5 rings (SSSR count). The summed E-state index contributed by atoms with van der Waals surface area (Å²) in [5, 5.41) is 0. The molecule has 1 aliphatic rings. The Morgan fingerprint density at radius 2 is 0.940 bits per heavy atom. The summed E-state index contributed by atoms with van der Waals surface area (Å²) in [6.45, 7) is 8.01. The number of benzene rings is 4. The maximum atomic E-state index is 13.7. The Morgan fingerprint density at radius 3 is 1.34 bits per heavy atom. The zero-order chi connectivity index (χ0) is 35.8. The summed E-state index contributed by atoms with van der Waals surface area (Å²) in [7, 11) is 1.15. The number of carbonyl (C=O) groups is 4. The topological polar surface area (TPSA) is 124 Å². The molecule has 10 nitrogen and oxygen atoms in total. The van der Waals surface area contributed by atoms with Crippen molar-refractivity contribution in [3.05, 3.63) is 137 Å². The normalized spacial score (nSPS) is 20.1. The number of esters is 4. The molecule has 0 N–H and O–H groups in total. The molecule has 0 aromatic heterocycles. The lowest BCUT2D eigenvalue weighted by Crippen LogP contribution is -2.64. The molecular formula is C40H40O10. The van der Waals surface area contributed by atoms with Crippen LogP contribution in [0.5, 0.6) is 5.75 Å². The molecule has 1 saturated heterocycles. The van der Waals surface area contributed by atoms with E-state index >= 15 is 0 Å². The number of carbonyl (C=O) groups excluding carboxylic acids is 4. The molecule has 50 heavy (non-hydrogen) atoms. The van der Waals surface area contributed by atoms with Crippen molar-refractivity contribution in [2.24, 2.45) is 0 Å². The number of ether oxygens (including phenoxy) is 6. The molecule has 1 heterocycles. The first-order valence-corrected chi connectivity index (χ1v) is 16.4. The first kappa shape index (κ1) is 35.8. The number of para-hydroxylation sites is 1. The highest BCUT2D eigenvalue weighted by Crippen LogP contribution is 2.39. The Bertz CT molecular complexity index is 1750. The molecule has 1 aliphatic heterocycles. The highest BCUT2D eigenvalue weighted by atomic mass is 16.7. The van der Waals surface area contributed by atoms with E-state index < -0.39 is 54.6 Å². The zero-order valence-corrected chi connectivity index (χ0v) is 28.5. The van der Waals surface area contributed by atoms with E-state index in [-0.39, 0.29) is 28.5 Å². The van der Waals surface area contributed by atoms with Gasteiger partial charge in [-0.1, -0.05) is 100 Å². The molecular weight excluding hydrogens is 640 g/mol. The monoisotopic (exact) mass is 680 g/mol. The van der Waals surface area contributed by atoms with E-state index in [2.05, 4.69) is 0 Å². The van der Waals surface area contributed by atoms with Crippen molar-refractivity contribution in [2.45, 2.75) is 70.2 Å². The predicted molar refractivity (Wildman–Crippen MR) is 183 cm³/mol. The van der Waals surface area contributed by atoms with Gasteiger partial charge < -0.3 is 28.4 Å². The summed E-state index contributed by atoms with van der Waals surface area (Å²) in [6.07, 6.45) is -8.00. The average Bonchev–Trinajstić information content (AvgIpc) is 3.14. The van der Waals surface area contributed by atoms with E-state index in [0.717, 1.165) is 18.2 Å². The van der Waals surface area contributed by atoms with Crippen LogP contribution in [-0.2, 0) is 28.5 Å². The number of rotatable bonds is 11. The van der Waals surface area contributed by atoms with E-state index in [1.165, 1.54) is 24.3 Å². The highest BCUT2D eigenvalue weighted by Gasteiger charge is 2.56. The van der Waals surface area contributed by atoms with E-state index in [0.29, 0.717) is 5.75 Å². The smallest absolute Gasteiger partial charge is 0.339 e. The fourth-order valence-corrected chi connectivity index (χ4v) is 5.63. The number of hydrogen-bond donors (Lipinski definition) is 0. The van der Waals surface area contributed by atoms with Crippen LogP contribution >= 0.6 is 0 Å². The first-order valence-electron chi connectivity index (χ1n) is 16.4. The van der Waals surface area contributed by atoms with Crippen LogP contribution in [0.2, 0.25) is 0 Å². The van der Waals surface area contributed by atoms with Gasteiger partial charge >= 0.3 is 23.9 Å². The van der Waals surface area contributed by atoms with Gasteiger partial charge in [0.05, 0.1) is 23.8 Å². The van der Waals surface area contributed by atoms with Crippen LogP contribution in [0.1, 0.15) is 81.7 Å². The highest BCUT2D eigenvalue weighted by molar-refractivity contribution is 5.91. The van der Waals surface area contributed by atoms with E-state index in [1.807, 2.05) is 45.9 Å². The molecule has 0 amide bonds. The van der Waals surface area contributed by atoms with Gasteiger partial charge in [-0.2, -0.15) is 0 Å². The van der Waals surface area contributed by atoms with Crippen LogP contribution < -0.4 is 4.74 Å². The van der Waals surface area contributed by atoms with Crippen LogP contribution in [0.3, 0.4) is 0 Å². The first-order chi connectivity index (χ1) is 24.1. The van der Waals surface area contributed by atoms with Crippen LogP contribution in [0.15, 0.2) is 109 Å². The Labute approximate surface area is 291 Å². The zero-order valence-electron chi connectivity index (χ0n) is 28.5. The van der Waals surface area contributed by atoms with Crippen molar-refractivity contribution in [3.63, 3.8) is 0 Å². The number of hydrogen-bond acceptors (Lipinski definition) is 10. The minimum absolute atomic E-state index is 0.000273. The lowest BCUT2D eigenvalue weighted by atomic mass is 9.93. The van der Waals surface area contributed by atoms with Crippen molar-refractivity contribution in [1.82, 2.24) is 0 Å². The standard InChI is InChI=1S/C40H40O10/c1-24(2)29-22-15-23-30(25(3)4)31(29)49-40-35(48-38(43)28-20-13-8-14-21-28)33(47-37(42)27-18-11-7-12-19-27)32(34(50-40)39(44)45-5)46-36(41)26-16-9-6-10-17-26/h6-25,32-35,40H,1-5H3/t32-,33?,34?,35?,40+/m0/s1. The van der Waals surface area contributed by atoms with Gasteiger partial charge in [0.25, 0.3) is 0 Å². The van der Waals surface area contributed by atoms with Crippen LogP contribution in [-0.4, -0.2) is 61.7 Å². The lowest BCUT2D eigenvalue weighted by molar-refractivity contribution is -0.270. The second-order valence-corrected chi connectivity index (χ2v) is 12.3. The van der Waals surface area contributed by atoms with Crippen molar-refractivity contribution in [2.75, 3.05) is 7.11 Å². The van der Waals surface area contributed by atoms with Gasteiger partial charge in [0.1, 0.15) is 5.75 Å². The molecule has 3 unspecified atom stereocenters. The molecule has 0 spiro atoms. The molecule has 5 atom stereocenters. The molecule has 0 bridgehead atoms.